The van der Waals surface area contributed by atoms with Gasteiger partial charge in [0.1, 0.15) is 5.82 Å². The molecule has 2 aliphatic heterocycles. The van der Waals surface area contributed by atoms with Gasteiger partial charge in [0, 0.05) is 36.3 Å². The number of carbonyl (C=O) groups is 2. The number of nitrogens with zero attached hydrogens (tertiary/aromatic N) is 2. The van der Waals surface area contributed by atoms with Crippen LogP contribution in [-0.2, 0) is 27.1 Å². The van der Waals surface area contributed by atoms with Gasteiger partial charge in [-0.2, -0.15) is 13.2 Å². The number of rotatable bonds is 7. The Morgan fingerprint density at radius 2 is 1.67 bits per heavy atom. The van der Waals surface area contributed by atoms with Crippen LogP contribution in [0, 0.1) is 11.7 Å². The highest BCUT2D eigenvalue weighted by Gasteiger charge is 2.59. The van der Waals surface area contributed by atoms with Crippen LogP contribution >= 0.6 is 0 Å². The normalized spacial score (nSPS) is 28.7. The Bertz CT molecular complexity index is 1370. The number of alkyl halides is 5. The second kappa shape index (κ2) is 11.0. The van der Waals surface area contributed by atoms with Crippen LogP contribution in [0.2, 0.25) is 0 Å². The maximum absolute atomic E-state index is 16.3. The predicted octanol–water partition coefficient (Wildman–Crippen LogP) is 6.87. The number of hydrogen-bond acceptors (Lipinski definition) is 3. The summed E-state index contributed by atoms with van der Waals surface area (Å²) in [6.07, 6.45) is -4.16. The van der Waals surface area contributed by atoms with Crippen molar-refractivity contribution < 1.29 is 41.0 Å². The van der Waals surface area contributed by atoms with Crippen molar-refractivity contribution in [3.05, 3.63) is 65.0 Å². The highest BCUT2D eigenvalue weighted by molar-refractivity contribution is 5.87. The second-order valence-corrected chi connectivity index (χ2v) is 12.5. The van der Waals surface area contributed by atoms with Crippen LogP contribution in [0.25, 0.3) is 0 Å². The standard InChI is InChI=1S/C32H36F6N2O3/c1-3-15-39-19-26-30(18-20-4-7-23(33)8-5-20,24-9-6-22(17-25(24)39)29(2,34)32(36,37)38)14-16-40(26)28(43)31(35)12-10-21(11-13-31)27(41)42/h4-9,17,21,26H,3,10-16,18-19H2,1-2H3,(H,41,42)/t21-,26?,29?,30?,31+. The number of amides is 1. The van der Waals surface area contributed by atoms with Crippen molar-refractivity contribution in [2.45, 2.75) is 87.8 Å². The fraction of sp³-hybridized carbons (Fsp3) is 0.562. The summed E-state index contributed by atoms with van der Waals surface area (Å²) in [7, 11) is 0. The van der Waals surface area contributed by atoms with E-state index in [0.29, 0.717) is 44.0 Å². The molecule has 5 rings (SSSR count). The molecule has 1 saturated heterocycles. The maximum Gasteiger partial charge on any atom is 0.426 e. The van der Waals surface area contributed by atoms with Gasteiger partial charge in [-0.1, -0.05) is 31.2 Å². The van der Waals surface area contributed by atoms with Crippen LogP contribution in [0.4, 0.5) is 32.0 Å². The molecule has 0 aromatic heterocycles. The first-order valence-electron chi connectivity index (χ1n) is 14.8. The average Bonchev–Trinajstić information content (AvgIpc) is 3.32. The summed E-state index contributed by atoms with van der Waals surface area (Å²) in [5.74, 6) is -2.86. The van der Waals surface area contributed by atoms with Crippen LogP contribution in [0.5, 0.6) is 0 Å². The van der Waals surface area contributed by atoms with Gasteiger partial charge in [-0.3, -0.25) is 9.59 Å². The zero-order valence-corrected chi connectivity index (χ0v) is 24.2. The van der Waals surface area contributed by atoms with Crippen molar-refractivity contribution in [3.63, 3.8) is 0 Å². The third-order valence-electron chi connectivity index (χ3n) is 9.85. The van der Waals surface area contributed by atoms with Gasteiger partial charge >= 0.3 is 12.1 Å². The number of carboxylic acids is 1. The number of halogens is 6. The molecule has 3 unspecified atom stereocenters. The van der Waals surface area contributed by atoms with Crippen LogP contribution in [0.1, 0.15) is 69.1 Å². The number of likely N-dealkylation sites (tertiary alicyclic amines) is 1. The van der Waals surface area contributed by atoms with E-state index in [9.17, 15) is 32.3 Å². The lowest BCUT2D eigenvalue weighted by atomic mass is 9.66. The molecular formula is C32H36F6N2O3. The van der Waals surface area contributed by atoms with Gasteiger partial charge in [0.25, 0.3) is 5.91 Å². The summed E-state index contributed by atoms with van der Waals surface area (Å²) in [6.45, 7) is 3.18. The first kappa shape index (κ1) is 31.2. The summed E-state index contributed by atoms with van der Waals surface area (Å²) >= 11 is 0. The third kappa shape index (κ3) is 5.37. The Hall–Kier alpha value is -3.24. The quantitative estimate of drug-likeness (QED) is 0.348. The lowest BCUT2D eigenvalue weighted by molar-refractivity contribution is -0.228. The highest BCUT2D eigenvalue weighted by Crippen LogP contribution is 2.53. The Labute approximate surface area is 246 Å². The zero-order chi connectivity index (χ0) is 31.4. The molecule has 11 heteroatoms. The molecule has 1 saturated carbocycles. The predicted molar refractivity (Wildman–Crippen MR) is 149 cm³/mol. The van der Waals surface area contributed by atoms with E-state index in [1.165, 1.54) is 29.2 Å². The molecule has 5 nitrogen and oxygen atoms in total. The van der Waals surface area contributed by atoms with Crippen molar-refractivity contribution in [1.29, 1.82) is 0 Å². The monoisotopic (exact) mass is 610 g/mol. The van der Waals surface area contributed by atoms with Crippen molar-refractivity contribution in [2.24, 2.45) is 5.92 Å². The smallest absolute Gasteiger partial charge is 0.426 e. The number of anilines is 1. The first-order valence-corrected chi connectivity index (χ1v) is 14.8. The summed E-state index contributed by atoms with van der Waals surface area (Å²) in [5, 5.41) is 9.36. The SMILES string of the molecule is CCCN1CC2N(C(=O)[C@]3(F)CC[C@@H](C(=O)O)CC3)CCC2(Cc2ccc(F)cc2)c2ccc(C(C)(F)C(F)(F)F)cc21. The van der Waals surface area contributed by atoms with E-state index in [0.717, 1.165) is 11.6 Å². The Kier molecular flexibility index (Phi) is 8.01. The number of benzene rings is 2. The number of fused-ring (bicyclic) bond motifs is 3. The van der Waals surface area contributed by atoms with Gasteiger partial charge in [-0.25, -0.2) is 13.2 Å². The van der Waals surface area contributed by atoms with Gasteiger partial charge in [0.15, 0.2) is 5.67 Å². The molecule has 3 aliphatic rings. The zero-order valence-electron chi connectivity index (χ0n) is 24.2. The second-order valence-electron chi connectivity index (χ2n) is 12.5. The molecule has 0 bridgehead atoms. The average molecular weight is 611 g/mol. The highest BCUT2D eigenvalue weighted by atomic mass is 19.4. The third-order valence-corrected chi connectivity index (χ3v) is 9.85. The molecule has 1 N–H and O–H groups in total. The Morgan fingerprint density at radius 1 is 1.02 bits per heavy atom. The molecule has 0 radical (unpaired) electrons. The minimum atomic E-state index is -5.13. The molecular weight excluding hydrogens is 574 g/mol. The minimum Gasteiger partial charge on any atom is -0.481 e. The summed E-state index contributed by atoms with van der Waals surface area (Å²) in [6, 6.07) is 9.17. The molecule has 0 spiro atoms. The minimum absolute atomic E-state index is 0.0472. The van der Waals surface area contributed by atoms with Crippen LogP contribution < -0.4 is 4.90 Å². The van der Waals surface area contributed by atoms with Crippen LogP contribution in [0.3, 0.4) is 0 Å². The van der Waals surface area contributed by atoms with Crippen molar-refractivity contribution in [1.82, 2.24) is 4.90 Å². The van der Waals surface area contributed by atoms with Gasteiger partial charge in [-0.15, -0.1) is 0 Å². The van der Waals surface area contributed by atoms with Crippen molar-refractivity contribution >= 4 is 17.6 Å². The number of carbonyl (C=O) groups excluding carboxylic acids is 1. The number of carboxylic acid groups (broad SMARTS) is 1. The summed E-state index contributed by atoms with van der Waals surface area (Å²) < 4.78 is 86.3. The van der Waals surface area contributed by atoms with Gasteiger partial charge in [0.2, 0.25) is 5.67 Å². The fourth-order valence-corrected chi connectivity index (χ4v) is 7.29. The summed E-state index contributed by atoms with van der Waals surface area (Å²) in [4.78, 5) is 28.7. The van der Waals surface area contributed by atoms with E-state index in [1.54, 1.807) is 12.1 Å². The Balaban J connectivity index is 1.59. The number of hydrogen-bond donors (Lipinski definition) is 1. The fourth-order valence-electron chi connectivity index (χ4n) is 7.29. The molecule has 234 valence electrons. The molecule has 43 heavy (non-hydrogen) atoms. The van der Waals surface area contributed by atoms with Crippen molar-refractivity contribution in [2.75, 3.05) is 24.5 Å². The maximum atomic E-state index is 16.3. The van der Waals surface area contributed by atoms with E-state index >= 15 is 8.78 Å². The molecule has 1 aliphatic carbocycles. The molecule has 2 fully saturated rings. The van der Waals surface area contributed by atoms with Gasteiger partial charge < -0.3 is 14.9 Å². The molecule has 2 aromatic rings. The largest absolute Gasteiger partial charge is 0.481 e. The molecule has 2 heterocycles. The van der Waals surface area contributed by atoms with E-state index in [4.69, 9.17) is 0 Å². The molecule has 3 atom stereocenters. The van der Waals surface area contributed by atoms with Gasteiger partial charge in [-0.05, 0) is 81.2 Å². The molecule has 2 aromatic carbocycles. The Morgan fingerprint density at radius 3 is 2.26 bits per heavy atom. The summed E-state index contributed by atoms with van der Waals surface area (Å²) in [5.41, 5.74) is -5.38. The van der Waals surface area contributed by atoms with E-state index in [2.05, 4.69) is 0 Å². The topological polar surface area (TPSA) is 60.9 Å². The lowest BCUT2D eigenvalue weighted by Crippen LogP contribution is -2.59. The van der Waals surface area contributed by atoms with E-state index in [1.807, 2.05) is 11.8 Å². The molecule has 1 amide bonds. The van der Waals surface area contributed by atoms with Crippen LogP contribution in [0.15, 0.2) is 42.5 Å². The first-order chi connectivity index (χ1) is 20.1. The lowest BCUT2D eigenvalue weighted by Gasteiger charge is -2.49. The van der Waals surface area contributed by atoms with Crippen molar-refractivity contribution in [3.8, 4) is 0 Å². The number of aliphatic carboxylic acids is 1. The van der Waals surface area contributed by atoms with E-state index in [-0.39, 0.29) is 38.8 Å². The van der Waals surface area contributed by atoms with Gasteiger partial charge in [0.05, 0.1) is 12.0 Å². The van der Waals surface area contributed by atoms with Crippen LogP contribution in [-0.4, -0.2) is 59.4 Å². The van der Waals surface area contributed by atoms with E-state index < -0.39 is 58.1 Å².